The van der Waals surface area contributed by atoms with E-state index < -0.39 is 11.9 Å². The Kier molecular flexibility index (Phi) is 6.10. The molecule has 0 atom stereocenters. The lowest BCUT2D eigenvalue weighted by Crippen LogP contribution is -2.27. The molecule has 0 aliphatic carbocycles. The van der Waals surface area contributed by atoms with Crippen molar-refractivity contribution in [3.8, 4) is 11.5 Å². The second kappa shape index (κ2) is 8.57. The van der Waals surface area contributed by atoms with Crippen LogP contribution in [-0.2, 0) is 22.7 Å². The lowest BCUT2D eigenvalue weighted by molar-refractivity contribution is -0.132. The summed E-state index contributed by atoms with van der Waals surface area (Å²) < 4.78 is 10.6. The zero-order chi connectivity index (χ0) is 22.0. The van der Waals surface area contributed by atoms with Gasteiger partial charge in [0.25, 0.3) is 5.91 Å². The highest BCUT2D eigenvalue weighted by Crippen LogP contribution is 2.37. The molecule has 1 amide bonds. The number of ether oxygens (including phenoxy) is 2. The first kappa shape index (κ1) is 21.4. The zero-order valence-corrected chi connectivity index (χ0v) is 17.9. The number of esters is 2. The van der Waals surface area contributed by atoms with Crippen LogP contribution in [0.5, 0.6) is 11.5 Å². The third kappa shape index (κ3) is 4.15. The van der Waals surface area contributed by atoms with Crippen molar-refractivity contribution in [2.24, 2.45) is 0 Å². The normalized spacial score (nSPS) is 12.4. The number of fused-ring (bicyclic) bond motifs is 1. The topological polar surface area (TPSA) is 84.9 Å². The number of rotatable bonds is 5. The number of carbonyl (C=O) groups is 3. The molecule has 0 aromatic heterocycles. The van der Waals surface area contributed by atoms with Crippen LogP contribution < -0.4 is 14.8 Å². The number of hydrogen-bond donors (Lipinski definition) is 1. The van der Waals surface area contributed by atoms with Crippen molar-refractivity contribution in [2.45, 2.75) is 47.7 Å². The second-order valence-electron chi connectivity index (χ2n) is 7.32. The van der Waals surface area contributed by atoms with Gasteiger partial charge in [0.15, 0.2) is 0 Å². The molecule has 1 N–H and O–H groups in total. The molecule has 0 fully saturated rings. The van der Waals surface area contributed by atoms with Crippen molar-refractivity contribution in [3.63, 3.8) is 0 Å². The van der Waals surface area contributed by atoms with Gasteiger partial charge in [-0.3, -0.25) is 14.4 Å². The predicted octanol–water partition coefficient (Wildman–Crippen LogP) is 3.74. The highest BCUT2D eigenvalue weighted by Gasteiger charge is 2.30. The maximum Gasteiger partial charge on any atom is 0.308 e. The van der Waals surface area contributed by atoms with Gasteiger partial charge in [-0.1, -0.05) is 12.1 Å². The summed E-state index contributed by atoms with van der Waals surface area (Å²) in [5, 5.41) is 3.33. The van der Waals surface area contributed by atoms with Crippen LogP contribution in [-0.4, -0.2) is 29.3 Å². The molecule has 1 aliphatic heterocycles. The zero-order valence-electron chi connectivity index (χ0n) is 17.9. The molecular formula is C23H26N2O5. The standard InChI is InChI=1S/C23H26N2O5/c1-6-24-19-9-7-8-17-11-25(12-18(17)19)23(28)22-14(3)13(2)20(29-15(4)26)10-21(22)30-16(5)27/h7-10,24H,6,11-12H2,1-5H3. The van der Waals surface area contributed by atoms with E-state index in [1.54, 1.807) is 18.7 Å². The van der Waals surface area contributed by atoms with Crippen LogP contribution in [0, 0.1) is 13.8 Å². The number of amides is 1. The molecule has 0 saturated heterocycles. The molecule has 2 aromatic carbocycles. The van der Waals surface area contributed by atoms with Crippen LogP contribution in [0.15, 0.2) is 24.3 Å². The fraction of sp³-hybridized carbons (Fsp3) is 0.348. The molecule has 7 heteroatoms. The summed E-state index contributed by atoms with van der Waals surface area (Å²) >= 11 is 0. The lowest BCUT2D eigenvalue weighted by Gasteiger charge is -2.21. The summed E-state index contributed by atoms with van der Waals surface area (Å²) in [6.45, 7) is 9.83. The molecule has 0 spiro atoms. The van der Waals surface area contributed by atoms with Crippen LogP contribution in [0.2, 0.25) is 0 Å². The smallest absolute Gasteiger partial charge is 0.308 e. The molecule has 0 saturated carbocycles. The summed E-state index contributed by atoms with van der Waals surface area (Å²) in [6, 6.07) is 7.42. The Labute approximate surface area is 176 Å². The van der Waals surface area contributed by atoms with E-state index in [0.717, 1.165) is 23.4 Å². The molecular weight excluding hydrogens is 384 g/mol. The van der Waals surface area contributed by atoms with Gasteiger partial charge in [-0.25, -0.2) is 0 Å². The molecule has 1 heterocycles. The predicted molar refractivity (Wildman–Crippen MR) is 113 cm³/mol. The molecule has 30 heavy (non-hydrogen) atoms. The molecule has 3 rings (SSSR count). The Hall–Kier alpha value is -3.35. The highest BCUT2D eigenvalue weighted by molar-refractivity contribution is 6.00. The average molecular weight is 410 g/mol. The minimum absolute atomic E-state index is 0.0923. The van der Waals surface area contributed by atoms with Gasteiger partial charge >= 0.3 is 11.9 Å². The van der Waals surface area contributed by atoms with Crippen LogP contribution in [0.1, 0.15) is 53.4 Å². The summed E-state index contributed by atoms with van der Waals surface area (Å²) in [5.41, 5.74) is 4.75. The number of nitrogens with zero attached hydrogens (tertiary/aromatic N) is 1. The second-order valence-corrected chi connectivity index (χ2v) is 7.32. The van der Waals surface area contributed by atoms with Gasteiger partial charge in [0.1, 0.15) is 11.5 Å². The first-order valence-electron chi connectivity index (χ1n) is 9.87. The first-order valence-corrected chi connectivity index (χ1v) is 9.87. The molecule has 7 nitrogen and oxygen atoms in total. The number of hydrogen-bond acceptors (Lipinski definition) is 6. The van der Waals surface area contributed by atoms with Gasteiger partial charge in [0, 0.05) is 45.2 Å². The van der Waals surface area contributed by atoms with E-state index in [1.807, 2.05) is 25.1 Å². The van der Waals surface area contributed by atoms with Gasteiger partial charge in [-0.15, -0.1) is 0 Å². The van der Waals surface area contributed by atoms with E-state index in [0.29, 0.717) is 29.8 Å². The largest absolute Gasteiger partial charge is 0.426 e. The van der Waals surface area contributed by atoms with E-state index in [1.165, 1.54) is 19.9 Å². The Balaban J connectivity index is 2.01. The molecule has 158 valence electrons. The number of carbonyl (C=O) groups excluding carboxylic acids is 3. The fourth-order valence-electron chi connectivity index (χ4n) is 3.70. The van der Waals surface area contributed by atoms with Crippen molar-refractivity contribution >= 4 is 23.5 Å². The fourth-order valence-corrected chi connectivity index (χ4v) is 3.70. The molecule has 0 unspecified atom stereocenters. The van der Waals surface area contributed by atoms with Gasteiger partial charge in [-0.05, 0) is 49.1 Å². The molecule has 0 bridgehead atoms. The van der Waals surface area contributed by atoms with E-state index >= 15 is 0 Å². The Morgan fingerprint density at radius 2 is 1.67 bits per heavy atom. The maximum atomic E-state index is 13.5. The maximum absolute atomic E-state index is 13.5. The van der Waals surface area contributed by atoms with Crippen molar-refractivity contribution in [3.05, 3.63) is 52.1 Å². The minimum Gasteiger partial charge on any atom is -0.426 e. The van der Waals surface area contributed by atoms with Crippen LogP contribution in [0.4, 0.5) is 5.69 Å². The van der Waals surface area contributed by atoms with Gasteiger partial charge < -0.3 is 19.7 Å². The van der Waals surface area contributed by atoms with Crippen molar-refractivity contribution in [1.29, 1.82) is 0 Å². The minimum atomic E-state index is -0.555. The third-order valence-electron chi connectivity index (χ3n) is 5.17. The van der Waals surface area contributed by atoms with Gasteiger partial charge in [0.05, 0.1) is 5.56 Å². The van der Waals surface area contributed by atoms with E-state index in [-0.39, 0.29) is 17.4 Å². The Morgan fingerprint density at radius 1 is 1.00 bits per heavy atom. The number of benzene rings is 2. The van der Waals surface area contributed by atoms with E-state index in [2.05, 4.69) is 5.32 Å². The van der Waals surface area contributed by atoms with Crippen LogP contribution >= 0.6 is 0 Å². The molecule has 1 aliphatic rings. The lowest BCUT2D eigenvalue weighted by atomic mass is 10.00. The Bertz CT molecular complexity index is 1030. The molecule has 2 aromatic rings. The van der Waals surface area contributed by atoms with Crippen LogP contribution in [0.3, 0.4) is 0 Å². The van der Waals surface area contributed by atoms with Gasteiger partial charge in [0.2, 0.25) is 0 Å². The number of nitrogens with one attached hydrogen (secondary N) is 1. The highest BCUT2D eigenvalue weighted by atomic mass is 16.5. The van der Waals surface area contributed by atoms with Crippen molar-refractivity contribution in [2.75, 3.05) is 11.9 Å². The first-order chi connectivity index (χ1) is 14.2. The van der Waals surface area contributed by atoms with Gasteiger partial charge in [-0.2, -0.15) is 0 Å². The Morgan fingerprint density at radius 3 is 2.30 bits per heavy atom. The van der Waals surface area contributed by atoms with Crippen molar-refractivity contribution < 1.29 is 23.9 Å². The average Bonchev–Trinajstić information content (AvgIpc) is 3.10. The van der Waals surface area contributed by atoms with E-state index in [4.69, 9.17) is 9.47 Å². The van der Waals surface area contributed by atoms with Crippen LogP contribution in [0.25, 0.3) is 0 Å². The monoisotopic (exact) mass is 410 g/mol. The quantitative estimate of drug-likeness (QED) is 0.597. The summed E-state index contributed by atoms with van der Waals surface area (Å²) in [7, 11) is 0. The molecule has 0 radical (unpaired) electrons. The summed E-state index contributed by atoms with van der Waals surface area (Å²) in [4.78, 5) is 38.3. The SMILES string of the molecule is CCNc1cccc2c1CN(C(=O)c1c(OC(C)=O)cc(OC(C)=O)c(C)c1C)C2. The van der Waals surface area contributed by atoms with Crippen molar-refractivity contribution in [1.82, 2.24) is 4.90 Å². The van der Waals surface area contributed by atoms with E-state index in [9.17, 15) is 14.4 Å². The summed E-state index contributed by atoms with van der Waals surface area (Å²) in [5.74, 6) is -0.918. The third-order valence-corrected chi connectivity index (χ3v) is 5.17. The number of anilines is 1. The summed E-state index contributed by atoms with van der Waals surface area (Å²) in [6.07, 6.45) is 0.